The molecule has 1 atom stereocenters. The molecule has 0 aromatic carbocycles. The number of aliphatic hydroxyl groups excluding tert-OH is 1. The van der Waals surface area contributed by atoms with Gasteiger partial charge in [-0.2, -0.15) is 0 Å². The lowest BCUT2D eigenvalue weighted by Gasteiger charge is -2.24. The molecule has 1 rings (SSSR count). The van der Waals surface area contributed by atoms with Crippen LogP contribution in [0.5, 0.6) is 0 Å². The van der Waals surface area contributed by atoms with Crippen LogP contribution >= 0.6 is 0 Å². The predicted molar refractivity (Wildman–Crippen MR) is 71.1 cm³/mol. The minimum absolute atomic E-state index is 0.0661. The lowest BCUT2D eigenvalue weighted by atomic mass is 9.97. The molecular formula is C13H22N2O3. The summed E-state index contributed by atoms with van der Waals surface area (Å²) < 4.78 is 10.5. The molecule has 0 aliphatic heterocycles. The fourth-order valence-corrected chi connectivity index (χ4v) is 1.72. The number of rotatable bonds is 5. The summed E-state index contributed by atoms with van der Waals surface area (Å²) in [6.45, 7) is 3.90. The smallest absolute Gasteiger partial charge is 0.156 e. The standard InChI is InChI=1S/C13H22N2O3/c1-8(2)13(14)15-10-6-12(18-4)11(17-3)5-9(10)7-16/h5,8,10,16H,6-7H2,1-4H3,(H2,14,15). The second kappa shape index (κ2) is 6.44. The van der Waals surface area contributed by atoms with Gasteiger partial charge >= 0.3 is 0 Å². The summed E-state index contributed by atoms with van der Waals surface area (Å²) in [6, 6.07) is -0.175. The summed E-state index contributed by atoms with van der Waals surface area (Å²) in [7, 11) is 3.17. The number of nitrogens with zero attached hydrogens (tertiary/aromatic N) is 1. The molecular weight excluding hydrogens is 232 g/mol. The Morgan fingerprint density at radius 2 is 2.17 bits per heavy atom. The van der Waals surface area contributed by atoms with Crippen molar-refractivity contribution in [2.45, 2.75) is 26.3 Å². The van der Waals surface area contributed by atoms with Crippen molar-refractivity contribution in [1.82, 2.24) is 0 Å². The summed E-state index contributed by atoms with van der Waals surface area (Å²) in [5.41, 5.74) is 6.66. The van der Waals surface area contributed by atoms with Crippen molar-refractivity contribution in [1.29, 1.82) is 0 Å². The van der Waals surface area contributed by atoms with Crippen molar-refractivity contribution in [3.8, 4) is 0 Å². The highest BCUT2D eigenvalue weighted by molar-refractivity contribution is 5.82. The van der Waals surface area contributed by atoms with Crippen LogP contribution in [0.2, 0.25) is 0 Å². The van der Waals surface area contributed by atoms with E-state index in [1.165, 1.54) is 0 Å². The maximum Gasteiger partial charge on any atom is 0.156 e. The highest BCUT2D eigenvalue weighted by atomic mass is 16.5. The van der Waals surface area contributed by atoms with Gasteiger partial charge in [-0.1, -0.05) is 13.8 Å². The molecule has 0 radical (unpaired) electrons. The number of methoxy groups -OCH3 is 2. The van der Waals surface area contributed by atoms with E-state index in [1.807, 2.05) is 13.8 Å². The predicted octanol–water partition coefficient (Wildman–Crippen LogP) is 1.20. The van der Waals surface area contributed by atoms with E-state index in [0.717, 1.165) is 11.3 Å². The molecule has 0 heterocycles. The molecule has 0 fully saturated rings. The molecule has 5 nitrogen and oxygen atoms in total. The third-order valence-corrected chi connectivity index (χ3v) is 2.94. The van der Waals surface area contributed by atoms with Crippen molar-refractivity contribution < 1.29 is 14.6 Å². The fourth-order valence-electron chi connectivity index (χ4n) is 1.72. The highest BCUT2D eigenvalue weighted by Crippen LogP contribution is 2.27. The Labute approximate surface area is 108 Å². The van der Waals surface area contributed by atoms with E-state index in [1.54, 1.807) is 20.3 Å². The highest BCUT2D eigenvalue weighted by Gasteiger charge is 2.24. The number of hydrogen-bond donors (Lipinski definition) is 2. The summed E-state index contributed by atoms with van der Waals surface area (Å²) in [5.74, 6) is 2.12. The van der Waals surface area contributed by atoms with Gasteiger partial charge < -0.3 is 20.3 Å². The number of aliphatic hydroxyl groups is 1. The third-order valence-electron chi connectivity index (χ3n) is 2.94. The molecule has 0 aromatic heterocycles. The first kappa shape index (κ1) is 14.6. The molecule has 1 unspecified atom stereocenters. The van der Waals surface area contributed by atoms with E-state index < -0.39 is 0 Å². The summed E-state index contributed by atoms with van der Waals surface area (Å²) in [6.07, 6.45) is 2.32. The van der Waals surface area contributed by atoms with Gasteiger partial charge in [0, 0.05) is 12.3 Å². The minimum atomic E-state index is -0.175. The van der Waals surface area contributed by atoms with Crippen LogP contribution in [0.3, 0.4) is 0 Å². The summed E-state index contributed by atoms with van der Waals surface area (Å²) in [4.78, 5) is 4.45. The first-order valence-electron chi connectivity index (χ1n) is 5.99. The van der Waals surface area contributed by atoms with Crippen molar-refractivity contribution >= 4 is 5.84 Å². The van der Waals surface area contributed by atoms with Crippen LogP contribution in [0.25, 0.3) is 0 Å². The van der Waals surface area contributed by atoms with Gasteiger partial charge in [-0.05, 0) is 11.6 Å². The van der Waals surface area contributed by atoms with Crippen molar-refractivity contribution in [2.24, 2.45) is 16.6 Å². The van der Waals surface area contributed by atoms with E-state index in [0.29, 0.717) is 18.0 Å². The molecule has 0 saturated carbocycles. The quantitative estimate of drug-likeness (QED) is 0.571. The second-order valence-electron chi connectivity index (χ2n) is 4.50. The van der Waals surface area contributed by atoms with Gasteiger partial charge in [0.2, 0.25) is 0 Å². The Kier molecular flexibility index (Phi) is 5.22. The maximum atomic E-state index is 9.39. The van der Waals surface area contributed by atoms with E-state index in [2.05, 4.69) is 4.99 Å². The topological polar surface area (TPSA) is 77.1 Å². The SMILES string of the molecule is COC1=C(OC)CC(/N=C(/N)C(C)C)C(CO)=C1. The monoisotopic (exact) mass is 254 g/mol. The Bertz CT molecular complexity index is 384. The minimum Gasteiger partial charge on any atom is -0.497 e. The molecule has 3 N–H and O–H groups in total. The normalized spacial score (nSPS) is 21.1. The average molecular weight is 254 g/mol. The molecule has 5 heteroatoms. The summed E-state index contributed by atoms with van der Waals surface area (Å²) >= 11 is 0. The first-order chi connectivity index (χ1) is 8.53. The molecule has 1 aliphatic rings. The molecule has 1 aliphatic carbocycles. The number of nitrogens with two attached hydrogens (primary N) is 1. The van der Waals surface area contributed by atoms with E-state index in [-0.39, 0.29) is 18.6 Å². The molecule has 0 bridgehead atoms. The van der Waals surface area contributed by atoms with Crippen LogP contribution in [-0.4, -0.2) is 37.8 Å². The molecule has 0 aromatic rings. The molecule has 0 spiro atoms. The van der Waals surface area contributed by atoms with Crippen LogP contribution < -0.4 is 5.73 Å². The first-order valence-corrected chi connectivity index (χ1v) is 5.99. The van der Waals surface area contributed by atoms with E-state index in [4.69, 9.17) is 15.2 Å². The lowest BCUT2D eigenvalue weighted by molar-refractivity contribution is 0.210. The van der Waals surface area contributed by atoms with Gasteiger partial charge in [-0.15, -0.1) is 0 Å². The van der Waals surface area contributed by atoms with Crippen LogP contribution in [0, 0.1) is 5.92 Å². The molecule has 18 heavy (non-hydrogen) atoms. The fraction of sp³-hybridized carbons (Fsp3) is 0.615. The zero-order valence-electron chi connectivity index (χ0n) is 11.4. The Morgan fingerprint density at radius 1 is 1.50 bits per heavy atom. The van der Waals surface area contributed by atoms with Crippen molar-refractivity contribution in [3.05, 3.63) is 23.2 Å². The Morgan fingerprint density at radius 3 is 2.61 bits per heavy atom. The van der Waals surface area contributed by atoms with Gasteiger partial charge in [0.05, 0.1) is 32.7 Å². The molecule has 0 amide bonds. The average Bonchev–Trinajstić information content (AvgIpc) is 2.37. The van der Waals surface area contributed by atoms with Crippen LogP contribution in [0.1, 0.15) is 20.3 Å². The van der Waals surface area contributed by atoms with Gasteiger partial charge in [-0.25, -0.2) is 0 Å². The second-order valence-corrected chi connectivity index (χ2v) is 4.50. The molecule has 102 valence electrons. The lowest BCUT2D eigenvalue weighted by Crippen LogP contribution is -2.26. The number of amidine groups is 1. The Balaban J connectivity index is 3.01. The van der Waals surface area contributed by atoms with Gasteiger partial charge in [0.25, 0.3) is 0 Å². The molecule has 0 saturated heterocycles. The van der Waals surface area contributed by atoms with Crippen molar-refractivity contribution in [2.75, 3.05) is 20.8 Å². The van der Waals surface area contributed by atoms with E-state index >= 15 is 0 Å². The maximum absolute atomic E-state index is 9.39. The van der Waals surface area contributed by atoms with E-state index in [9.17, 15) is 5.11 Å². The zero-order valence-corrected chi connectivity index (χ0v) is 11.4. The van der Waals surface area contributed by atoms with Crippen LogP contribution in [-0.2, 0) is 9.47 Å². The van der Waals surface area contributed by atoms with Gasteiger partial charge in [-0.3, -0.25) is 4.99 Å². The third kappa shape index (κ3) is 3.26. The zero-order chi connectivity index (χ0) is 13.7. The van der Waals surface area contributed by atoms with Gasteiger partial charge in [0.15, 0.2) is 5.76 Å². The largest absolute Gasteiger partial charge is 0.497 e. The summed E-state index contributed by atoms with van der Waals surface area (Å²) in [5, 5.41) is 9.39. The number of hydrogen-bond acceptors (Lipinski definition) is 4. The van der Waals surface area contributed by atoms with Gasteiger partial charge in [0.1, 0.15) is 5.76 Å². The number of ether oxygens (including phenoxy) is 2. The van der Waals surface area contributed by atoms with Crippen molar-refractivity contribution in [3.63, 3.8) is 0 Å². The number of allylic oxidation sites excluding steroid dienone is 1. The number of aliphatic imine (C=N–C) groups is 1. The van der Waals surface area contributed by atoms with Crippen LogP contribution in [0.4, 0.5) is 0 Å². The van der Waals surface area contributed by atoms with Crippen LogP contribution in [0.15, 0.2) is 28.2 Å². The Hall–Kier alpha value is -1.49.